The molecule has 2 aliphatic rings. The predicted molar refractivity (Wildman–Crippen MR) is 60.4 cm³/mol. The van der Waals surface area contributed by atoms with Crippen molar-refractivity contribution in [3.8, 4) is 5.75 Å². The van der Waals surface area contributed by atoms with Crippen molar-refractivity contribution in [2.75, 3.05) is 13.7 Å². The van der Waals surface area contributed by atoms with E-state index < -0.39 is 0 Å². The third kappa shape index (κ3) is 1.36. The number of rotatable bonds is 1. The first kappa shape index (κ1) is 9.22. The van der Waals surface area contributed by atoms with Crippen LogP contribution in [-0.2, 0) is 13.0 Å². The lowest BCUT2D eigenvalue weighted by Crippen LogP contribution is -2.31. The van der Waals surface area contributed by atoms with Gasteiger partial charge in [-0.2, -0.15) is 0 Å². The standard InChI is InChI=1S/C13H17NO/c1-15-12-6-5-10-8-14-7-9-3-2-4-11(12)13(9)10/h5-6,9,14H,2-4,7-8H2,1H3/t9-/m0/s1. The van der Waals surface area contributed by atoms with Gasteiger partial charge in [0.05, 0.1) is 7.11 Å². The van der Waals surface area contributed by atoms with E-state index in [0.717, 1.165) is 24.8 Å². The van der Waals surface area contributed by atoms with Crippen LogP contribution in [0.4, 0.5) is 0 Å². The van der Waals surface area contributed by atoms with Gasteiger partial charge in [-0.3, -0.25) is 0 Å². The summed E-state index contributed by atoms with van der Waals surface area (Å²) in [5.41, 5.74) is 4.56. The molecule has 0 amide bonds. The van der Waals surface area contributed by atoms with Gasteiger partial charge in [-0.1, -0.05) is 6.07 Å². The molecule has 1 aliphatic carbocycles. The lowest BCUT2D eigenvalue weighted by molar-refractivity contribution is 0.396. The van der Waals surface area contributed by atoms with Crippen molar-refractivity contribution >= 4 is 0 Å². The number of nitrogens with one attached hydrogen (secondary N) is 1. The summed E-state index contributed by atoms with van der Waals surface area (Å²) >= 11 is 0. The maximum Gasteiger partial charge on any atom is 0.122 e. The first-order valence-corrected chi connectivity index (χ1v) is 5.79. The number of methoxy groups -OCH3 is 1. The molecule has 0 fully saturated rings. The van der Waals surface area contributed by atoms with E-state index in [1.54, 1.807) is 12.7 Å². The smallest absolute Gasteiger partial charge is 0.122 e. The van der Waals surface area contributed by atoms with Gasteiger partial charge in [-0.25, -0.2) is 0 Å². The van der Waals surface area contributed by atoms with Crippen LogP contribution in [0.3, 0.4) is 0 Å². The van der Waals surface area contributed by atoms with Crippen LogP contribution in [0, 0.1) is 0 Å². The lowest BCUT2D eigenvalue weighted by Gasteiger charge is -2.33. The van der Waals surface area contributed by atoms with Crippen LogP contribution >= 0.6 is 0 Å². The Bertz CT molecular complexity index is 384. The molecule has 1 aromatic carbocycles. The Balaban J connectivity index is 2.18. The Labute approximate surface area is 90.6 Å². The normalized spacial score (nSPS) is 23.4. The molecule has 0 aromatic heterocycles. The Morgan fingerprint density at radius 2 is 2.33 bits per heavy atom. The van der Waals surface area contributed by atoms with Gasteiger partial charge in [0.25, 0.3) is 0 Å². The van der Waals surface area contributed by atoms with Crippen LogP contribution in [0.15, 0.2) is 12.1 Å². The second-order valence-electron chi connectivity index (χ2n) is 4.54. The van der Waals surface area contributed by atoms with Gasteiger partial charge in [-0.15, -0.1) is 0 Å². The largest absolute Gasteiger partial charge is 0.496 e. The van der Waals surface area contributed by atoms with E-state index in [9.17, 15) is 0 Å². The zero-order valence-electron chi connectivity index (χ0n) is 9.18. The maximum atomic E-state index is 5.46. The minimum atomic E-state index is 0.729. The summed E-state index contributed by atoms with van der Waals surface area (Å²) in [5, 5.41) is 3.50. The molecule has 3 rings (SSSR count). The van der Waals surface area contributed by atoms with E-state index in [2.05, 4.69) is 17.4 Å². The highest BCUT2D eigenvalue weighted by Crippen LogP contribution is 2.40. The summed E-state index contributed by atoms with van der Waals surface area (Å²) in [6.07, 6.45) is 3.84. The molecule has 0 bridgehead atoms. The van der Waals surface area contributed by atoms with Crippen molar-refractivity contribution in [1.82, 2.24) is 5.32 Å². The molecule has 0 spiro atoms. The predicted octanol–water partition coefficient (Wildman–Crippen LogP) is 2.22. The molecule has 1 heterocycles. The van der Waals surface area contributed by atoms with Crippen molar-refractivity contribution < 1.29 is 4.74 Å². The third-order valence-corrected chi connectivity index (χ3v) is 3.72. The van der Waals surface area contributed by atoms with Crippen LogP contribution < -0.4 is 10.1 Å². The quantitative estimate of drug-likeness (QED) is 0.755. The minimum absolute atomic E-state index is 0.729. The van der Waals surface area contributed by atoms with Crippen LogP contribution in [-0.4, -0.2) is 13.7 Å². The number of ether oxygens (including phenoxy) is 1. The zero-order chi connectivity index (χ0) is 10.3. The first-order valence-electron chi connectivity index (χ1n) is 5.79. The van der Waals surface area contributed by atoms with Crippen LogP contribution in [0.2, 0.25) is 0 Å². The molecule has 2 nitrogen and oxygen atoms in total. The van der Waals surface area contributed by atoms with E-state index in [4.69, 9.17) is 4.74 Å². The molecule has 1 N–H and O–H groups in total. The van der Waals surface area contributed by atoms with Gasteiger partial charge >= 0.3 is 0 Å². The Kier molecular flexibility index (Phi) is 2.17. The van der Waals surface area contributed by atoms with Crippen molar-refractivity contribution in [3.63, 3.8) is 0 Å². The summed E-state index contributed by atoms with van der Waals surface area (Å²) in [4.78, 5) is 0. The van der Waals surface area contributed by atoms with E-state index in [1.165, 1.54) is 30.4 Å². The number of benzene rings is 1. The average Bonchev–Trinajstić information content (AvgIpc) is 2.30. The highest BCUT2D eigenvalue weighted by Gasteiger charge is 2.27. The van der Waals surface area contributed by atoms with Crippen LogP contribution in [0.5, 0.6) is 5.75 Å². The zero-order valence-corrected chi connectivity index (χ0v) is 9.18. The molecule has 1 aliphatic heterocycles. The van der Waals surface area contributed by atoms with E-state index in [0.29, 0.717) is 0 Å². The van der Waals surface area contributed by atoms with Crippen molar-refractivity contribution in [1.29, 1.82) is 0 Å². The molecule has 15 heavy (non-hydrogen) atoms. The molecular formula is C13H17NO. The fourth-order valence-electron chi connectivity index (χ4n) is 3.06. The maximum absolute atomic E-state index is 5.46. The molecule has 2 heteroatoms. The van der Waals surface area contributed by atoms with E-state index in [1.807, 2.05) is 0 Å². The third-order valence-electron chi connectivity index (χ3n) is 3.72. The molecule has 0 unspecified atom stereocenters. The number of hydrogen-bond acceptors (Lipinski definition) is 2. The van der Waals surface area contributed by atoms with Crippen molar-refractivity contribution in [2.45, 2.75) is 31.7 Å². The van der Waals surface area contributed by atoms with E-state index >= 15 is 0 Å². The van der Waals surface area contributed by atoms with Crippen molar-refractivity contribution in [3.05, 3.63) is 28.8 Å². The lowest BCUT2D eigenvalue weighted by atomic mass is 9.78. The minimum Gasteiger partial charge on any atom is -0.496 e. The SMILES string of the molecule is COc1ccc2c3c1CCC[C@H]3CNC2. The summed E-state index contributed by atoms with van der Waals surface area (Å²) in [6.45, 7) is 2.18. The monoisotopic (exact) mass is 203 g/mol. The molecule has 1 atom stereocenters. The fourth-order valence-corrected chi connectivity index (χ4v) is 3.06. The molecular weight excluding hydrogens is 186 g/mol. The van der Waals surface area contributed by atoms with Crippen molar-refractivity contribution in [2.24, 2.45) is 0 Å². The molecule has 0 radical (unpaired) electrons. The fraction of sp³-hybridized carbons (Fsp3) is 0.538. The summed E-state index contributed by atoms with van der Waals surface area (Å²) < 4.78 is 5.46. The molecule has 1 aromatic rings. The van der Waals surface area contributed by atoms with Gasteiger partial charge in [0.1, 0.15) is 5.75 Å². The van der Waals surface area contributed by atoms with Crippen LogP contribution in [0.25, 0.3) is 0 Å². The molecule has 80 valence electrons. The van der Waals surface area contributed by atoms with Gasteiger partial charge in [0.2, 0.25) is 0 Å². The Morgan fingerprint density at radius 3 is 3.20 bits per heavy atom. The molecule has 0 saturated carbocycles. The molecule has 0 saturated heterocycles. The van der Waals surface area contributed by atoms with Gasteiger partial charge in [-0.05, 0) is 47.9 Å². The second kappa shape index (κ2) is 3.53. The summed E-state index contributed by atoms with van der Waals surface area (Å²) in [5.74, 6) is 1.83. The highest BCUT2D eigenvalue weighted by molar-refractivity contribution is 5.49. The summed E-state index contributed by atoms with van der Waals surface area (Å²) in [7, 11) is 1.78. The van der Waals surface area contributed by atoms with Gasteiger partial charge in [0, 0.05) is 13.1 Å². The van der Waals surface area contributed by atoms with Gasteiger partial charge in [0.15, 0.2) is 0 Å². The Hall–Kier alpha value is -1.02. The topological polar surface area (TPSA) is 21.3 Å². The number of hydrogen-bond donors (Lipinski definition) is 1. The Morgan fingerprint density at radius 1 is 1.40 bits per heavy atom. The van der Waals surface area contributed by atoms with E-state index in [-0.39, 0.29) is 0 Å². The summed E-state index contributed by atoms with van der Waals surface area (Å²) in [6, 6.07) is 4.35. The van der Waals surface area contributed by atoms with Crippen LogP contribution in [0.1, 0.15) is 35.4 Å². The second-order valence-corrected chi connectivity index (χ2v) is 4.54. The average molecular weight is 203 g/mol. The first-order chi connectivity index (χ1) is 7.40. The highest BCUT2D eigenvalue weighted by atomic mass is 16.5. The van der Waals surface area contributed by atoms with Gasteiger partial charge < -0.3 is 10.1 Å².